The van der Waals surface area contributed by atoms with Gasteiger partial charge >= 0.3 is 17.8 Å². The minimum Gasteiger partial charge on any atom is -0.372 e. The third-order valence-electron chi connectivity index (χ3n) is 11.3. The first-order chi connectivity index (χ1) is 28.3. The topological polar surface area (TPSA) is 180 Å². The molecule has 2 fully saturated rings. The maximum atomic E-state index is 15.9. The van der Waals surface area contributed by atoms with Crippen molar-refractivity contribution in [3.63, 3.8) is 0 Å². The molecule has 1 atom stereocenters. The number of piperidine rings is 1. The lowest BCUT2D eigenvalue weighted by molar-refractivity contribution is -0.120. The first-order valence-electron chi connectivity index (χ1n) is 20.1. The number of carbonyl (C=O) groups is 3. The quantitative estimate of drug-likeness (QED) is 0.153. The summed E-state index contributed by atoms with van der Waals surface area (Å²) < 4.78 is 23.1. The molecule has 0 aliphatic carbocycles. The van der Waals surface area contributed by atoms with E-state index in [0.29, 0.717) is 58.7 Å². The number of amides is 4. The van der Waals surface area contributed by atoms with Crippen molar-refractivity contribution in [3.05, 3.63) is 89.2 Å². The Balaban J connectivity index is 0.841. The number of rotatable bonds is 10. The van der Waals surface area contributed by atoms with Crippen molar-refractivity contribution >= 4 is 40.9 Å². The van der Waals surface area contributed by atoms with Crippen molar-refractivity contribution in [3.8, 4) is 11.3 Å². The lowest BCUT2D eigenvalue weighted by Crippen LogP contribution is -2.49. The largest absolute Gasteiger partial charge is 0.372 e. The van der Waals surface area contributed by atoms with Crippen LogP contribution >= 0.6 is 0 Å². The van der Waals surface area contributed by atoms with Crippen LogP contribution in [0.15, 0.2) is 59.4 Å². The summed E-state index contributed by atoms with van der Waals surface area (Å²) in [5.41, 5.74) is 4.40. The normalized spacial score (nSPS) is 17.1. The highest BCUT2D eigenvalue weighted by Crippen LogP contribution is 2.31. The zero-order chi connectivity index (χ0) is 41.4. The third-order valence-corrected chi connectivity index (χ3v) is 11.3. The maximum absolute atomic E-state index is 15.9. The van der Waals surface area contributed by atoms with Gasteiger partial charge in [-0.1, -0.05) is 32.0 Å². The van der Waals surface area contributed by atoms with Gasteiger partial charge in [-0.15, -0.1) is 0 Å². The number of imide groups is 1. The van der Waals surface area contributed by atoms with Crippen LogP contribution in [0.3, 0.4) is 0 Å². The molecule has 4 amide bonds. The molecule has 3 N–H and O–H groups in total. The molecule has 17 heteroatoms. The standard InChI is InChI=1S/C42H49FN12O4/c1-25-31(26(2)46-38(57)39-49-40(51-59-39)42(3,4)5)10-11-32(37(25)43)33-21-34(45-24-44-33)47-35-20-30-23-52(18-19-55(30)50-35)22-27-12-15-53(16-13-27)28-6-8-29(9-7-28)54-17-14-36(56)48-41(54)58/h6-11,20-21,24,26-27H,12-19,22-23H2,1-5H3,(H,46,57)(H,48,56,58)(H,44,45,47,50)/t26-/m1/s1. The summed E-state index contributed by atoms with van der Waals surface area (Å²) in [4.78, 5) is 56.1. The van der Waals surface area contributed by atoms with Crippen molar-refractivity contribution in [1.82, 2.24) is 45.4 Å². The molecule has 3 aliphatic heterocycles. The minimum atomic E-state index is -0.532. The molecule has 8 rings (SSSR count). The number of urea groups is 1. The summed E-state index contributed by atoms with van der Waals surface area (Å²) in [6, 6.07) is 14.3. The lowest BCUT2D eigenvalue weighted by atomic mass is 9.95. The molecular weight excluding hydrogens is 756 g/mol. The number of fused-ring (bicyclic) bond motifs is 1. The van der Waals surface area contributed by atoms with E-state index >= 15 is 4.39 Å². The predicted molar refractivity (Wildman–Crippen MR) is 219 cm³/mol. The molecule has 5 aromatic rings. The summed E-state index contributed by atoms with van der Waals surface area (Å²) in [6.45, 7) is 15.1. The number of carbonyl (C=O) groups excluding carboxylic acids is 3. The number of benzene rings is 2. The van der Waals surface area contributed by atoms with Gasteiger partial charge in [0.15, 0.2) is 11.6 Å². The first kappa shape index (κ1) is 39.6. The van der Waals surface area contributed by atoms with Crippen molar-refractivity contribution in [2.24, 2.45) is 5.92 Å². The van der Waals surface area contributed by atoms with Crippen LogP contribution in [-0.4, -0.2) is 85.4 Å². The summed E-state index contributed by atoms with van der Waals surface area (Å²) in [7, 11) is 0. The lowest BCUT2D eigenvalue weighted by Gasteiger charge is -2.37. The van der Waals surface area contributed by atoms with Crippen LogP contribution in [0.25, 0.3) is 11.3 Å². The minimum absolute atomic E-state index is 0.143. The molecule has 0 radical (unpaired) electrons. The monoisotopic (exact) mass is 804 g/mol. The first-order valence-corrected chi connectivity index (χ1v) is 20.1. The molecule has 2 aromatic carbocycles. The zero-order valence-corrected chi connectivity index (χ0v) is 34.0. The second kappa shape index (κ2) is 16.2. The van der Waals surface area contributed by atoms with Gasteiger partial charge in [0.25, 0.3) is 0 Å². The molecule has 308 valence electrons. The molecular formula is C42H49FN12O4. The van der Waals surface area contributed by atoms with E-state index in [1.807, 2.05) is 43.7 Å². The average molecular weight is 805 g/mol. The maximum Gasteiger partial charge on any atom is 0.328 e. The van der Waals surface area contributed by atoms with Crippen LogP contribution in [0.1, 0.15) is 86.3 Å². The summed E-state index contributed by atoms with van der Waals surface area (Å²) in [5.74, 6) is 0.815. The Morgan fingerprint density at radius 2 is 1.75 bits per heavy atom. The molecule has 0 unspecified atom stereocenters. The van der Waals surface area contributed by atoms with E-state index < -0.39 is 17.8 Å². The predicted octanol–water partition coefficient (Wildman–Crippen LogP) is 5.88. The third kappa shape index (κ3) is 8.65. The van der Waals surface area contributed by atoms with Crippen molar-refractivity contribution in [2.75, 3.05) is 47.8 Å². The Kier molecular flexibility index (Phi) is 10.9. The fraction of sp³-hybridized carbons (Fsp3) is 0.429. The molecule has 16 nitrogen and oxygen atoms in total. The Hall–Kier alpha value is -6.23. The van der Waals surface area contributed by atoms with E-state index in [1.54, 1.807) is 36.9 Å². The SMILES string of the molecule is Cc1c([C@@H](C)NC(=O)c2nc(C(C)(C)C)no2)ccc(-c2cc(Nc3cc4n(n3)CCN(CC3CCN(c5ccc(N6CCC(=O)NC6=O)cc5)CC3)C4)ncn2)c1F. The zero-order valence-electron chi connectivity index (χ0n) is 34.0. The number of halogens is 1. The van der Waals surface area contributed by atoms with Crippen molar-refractivity contribution in [1.29, 1.82) is 0 Å². The molecule has 6 heterocycles. The van der Waals surface area contributed by atoms with E-state index in [0.717, 1.165) is 69.2 Å². The number of hydrogen-bond donors (Lipinski definition) is 3. The van der Waals surface area contributed by atoms with E-state index in [4.69, 9.17) is 9.62 Å². The number of aromatic nitrogens is 6. The highest BCUT2D eigenvalue weighted by molar-refractivity contribution is 6.05. The summed E-state index contributed by atoms with van der Waals surface area (Å²) in [6.07, 6.45) is 3.89. The Morgan fingerprint density at radius 1 is 0.983 bits per heavy atom. The second-order valence-corrected chi connectivity index (χ2v) is 16.6. The Bertz CT molecular complexity index is 2360. The number of nitrogens with zero attached hydrogens (tertiary/aromatic N) is 9. The molecule has 0 bridgehead atoms. The molecule has 0 saturated carbocycles. The Morgan fingerprint density at radius 3 is 2.47 bits per heavy atom. The van der Waals surface area contributed by atoms with Gasteiger partial charge in [-0.25, -0.2) is 19.2 Å². The van der Waals surface area contributed by atoms with E-state index in [1.165, 1.54) is 6.33 Å². The van der Waals surface area contributed by atoms with E-state index in [9.17, 15) is 14.4 Å². The number of nitrogens with one attached hydrogen (secondary N) is 3. The summed E-state index contributed by atoms with van der Waals surface area (Å²) >= 11 is 0. The van der Waals surface area contributed by atoms with Crippen LogP contribution in [-0.2, 0) is 23.3 Å². The molecule has 0 spiro atoms. The van der Waals surface area contributed by atoms with Crippen LogP contribution in [0.5, 0.6) is 0 Å². The van der Waals surface area contributed by atoms with Crippen LogP contribution in [0.2, 0.25) is 0 Å². The van der Waals surface area contributed by atoms with Gasteiger partial charge in [0.05, 0.1) is 24.0 Å². The van der Waals surface area contributed by atoms with Gasteiger partial charge < -0.3 is 20.1 Å². The number of anilines is 4. The van der Waals surface area contributed by atoms with Gasteiger partial charge in [0.1, 0.15) is 18.0 Å². The van der Waals surface area contributed by atoms with Crippen molar-refractivity contribution in [2.45, 2.75) is 78.4 Å². The smallest absolute Gasteiger partial charge is 0.328 e. The highest BCUT2D eigenvalue weighted by atomic mass is 19.1. The molecule has 2 saturated heterocycles. The van der Waals surface area contributed by atoms with Crippen molar-refractivity contribution < 1.29 is 23.3 Å². The van der Waals surface area contributed by atoms with E-state index in [2.05, 4.69) is 58.0 Å². The van der Waals surface area contributed by atoms with Crippen LogP contribution in [0, 0.1) is 18.7 Å². The molecule has 3 aliphatic rings. The Labute approximate surface area is 341 Å². The summed E-state index contributed by atoms with van der Waals surface area (Å²) in [5, 5.41) is 17.2. The fourth-order valence-electron chi connectivity index (χ4n) is 7.96. The van der Waals surface area contributed by atoms with Crippen LogP contribution < -0.4 is 25.8 Å². The van der Waals surface area contributed by atoms with Gasteiger partial charge in [0.2, 0.25) is 5.91 Å². The number of hydrogen-bond acceptors (Lipinski definition) is 12. The van der Waals surface area contributed by atoms with Gasteiger partial charge in [-0.2, -0.15) is 10.1 Å². The van der Waals surface area contributed by atoms with Gasteiger partial charge in [0, 0.05) is 80.2 Å². The average Bonchev–Trinajstić information content (AvgIpc) is 3.88. The molecule has 3 aromatic heterocycles. The molecule has 59 heavy (non-hydrogen) atoms. The van der Waals surface area contributed by atoms with Gasteiger partial charge in [-0.3, -0.25) is 29.4 Å². The second-order valence-electron chi connectivity index (χ2n) is 16.6. The highest BCUT2D eigenvalue weighted by Gasteiger charge is 2.28. The fourth-order valence-corrected chi connectivity index (χ4v) is 7.96. The van der Waals surface area contributed by atoms with Gasteiger partial charge in [-0.05, 0) is 74.1 Å². The van der Waals surface area contributed by atoms with E-state index in [-0.39, 0.29) is 23.2 Å². The van der Waals surface area contributed by atoms with Crippen LogP contribution in [0.4, 0.5) is 32.2 Å².